The highest BCUT2D eigenvalue weighted by molar-refractivity contribution is 7.92. The highest BCUT2D eigenvalue weighted by Gasteiger charge is 2.44. The average molecular weight is 438 g/mol. The van der Waals surface area contributed by atoms with E-state index < -0.39 is 10.0 Å². The van der Waals surface area contributed by atoms with E-state index >= 15 is 0 Å². The van der Waals surface area contributed by atoms with Crippen LogP contribution in [0.25, 0.3) is 0 Å². The van der Waals surface area contributed by atoms with Crippen molar-refractivity contribution in [3.63, 3.8) is 0 Å². The van der Waals surface area contributed by atoms with Crippen molar-refractivity contribution in [3.8, 4) is 5.75 Å². The number of benzene rings is 1. The van der Waals surface area contributed by atoms with Gasteiger partial charge in [-0.2, -0.15) is 0 Å². The normalized spacial score (nSPS) is 24.3. The number of piperidine rings is 1. The Hall–Kier alpha value is -0.730. The third kappa shape index (κ3) is 5.01. The molecular weight excluding hydrogens is 409 g/mol. The molecule has 1 aromatic carbocycles. The molecule has 4 rings (SSSR count). The molecule has 2 fully saturated rings. The van der Waals surface area contributed by atoms with Gasteiger partial charge in [-0.25, -0.2) is 8.42 Å². The number of sulfonamides is 1. The van der Waals surface area contributed by atoms with Gasteiger partial charge in [-0.15, -0.1) is 24.8 Å². The highest BCUT2D eigenvalue weighted by Crippen LogP contribution is 2.47. The first-order valence-electron chi connectivity index (χ1n) is 9.20. The van der Waals surface area contributed by atoms with Crippen LogP contribution in [0.15, 0.2) is 18.2 Å². The van der Waals surface area contributed by atoms with Crippen LogP contribution >= 0.6 is 24.8 Å². The van der Waals surface area contributed by atoms with Crippen molar-refractivity contribution in [2.45, 2.75) is 43.7 Å². The second-order valence-electron chi connectivity index (χ2n) is 7.62. The molecule has 3 aliphatic rings. The Morgan fingerprint density at radius 1 is 1.19 bits per heavy atom. The SMILES string of the molecule is CS(=O)(=O)Nc1ccc2c(c1)C(N1CCCC1)CC1(CCNCC1)O2.Cl.Cl. The average Bonchev–Trinajstić information content (AvgIpc) is 3.08. The summed E-state index contributed by atoms with van der Waals surface area (Å²) in [6.45, 7) is 4.22. The maximum Gasteiger partial charge on any atom is 0.229 e. The third-order valence-corrected chi connectivity index (χ3v) is 6.27. The van der Waals surface area contributed by atoms with E-state index in [1.807, 2.05) is 12.1 Å². The Labute approximate surface area is 174 Å². The Kier molecular flexibility index (Phi) is 7.30. The number of nitrogens with zero attached hydrogens (tertiary/aromatic N) is 1. The van der Waals surface area contributed by atoms with Crippen molar-refractivity contribution in [1.82, 2.24) is 10.2 Å². The number of hydrogen-bond acceptors (Lipinski definition) is 5. The van der Waals surface area contributed by atoms with E-state index in [1.165, 1.54) is 19.1 Å². The molecule has 27 heavy (non-hydrogen) atoms. The van der Waals surface area contributed by atoms with Crippen LogP contribution in [0.3, 0.4) is 0 Å². The highest BCUT2D eigenvalue weighted by atomic mass is 35.5. The van der Waals surface area contributed by atoms with Gasteiger partial charge in [0.1, 0.15) is 11.4 Å². The maximum atomic E-state index is 11.6. The first kappa shape index (κ1) is 22.6. The predicted molar refractivity (Wildman–Crippen MR) is 113 cm³/mol. The number of likely N-dealkylation sites (tertiary alicyclic amines) is 1. The van der Waals surface area contributed by atoms with Crippen LogP contribution in [0.5, 0.6) is 5.75 Å². The smallest absolute Gasteiger partial charge is 0.229 e. The molecule has 3 aliphatic heterocycles. The van der Waals surface area contributed by atoms with E-state index in [1.54, 1.807) is 6.07 Å². The standard InChI is InChI=1S/C18H27N3O3S.2ClH/c1-25(22,23)20-14-4-5-17-15(12-14)16(21-10-2-3-11-21)13-18(24-17)6-8-19-9-7-18;;/h4-5,12,16,19-20H,2-3,6-11,13H2,1H3;2*1H. The van der Waals surface area contributed by atoms with Gasteiger partial charge in [0, 0.05) is 23.7 Å². The molecule has 1 unspecified atom stereocenters. The van der Waals surface area contributed by atoms with Crippen molar-refractivity contribution in [2.24, 2.45) is 0 Å². The zero-order valence-electron chi connectivity index (χ0n) is 15.6. The fourth-order valence-corrected chi connectivity index (χ4v) is 5.04. The van der Waals surface area contributed by atoms with Crippen LogP contribution in [-0.2, 0) is 10.0 Å². The minimum atomic E-state index is -3.28. The molecule has 2 saturated heterocycles. The second-order valence-corrected chi connectivity index (χ2v) is 9.37. The van der Waals surface area contributed by atoms with Gasteiger partial charge in [0.05, 0.1) is 6.26 Å². The fourth-order valence-electron chi connectivity index (χ4n) is 4.48. The molecule has 1 atom stereocenters. The Morgan fingerprint density at radius 3 is 2.48 bits per heavy atom. The summed E-state index contributed by atoms with van der Waals surface area (Å²) < 4.78 is 32.3. The molecule has 0 saturated carbocycles. The van der Waals surface area contributed by atoms with Crippen molar-refractivity contribution in [2.75, 3.05) is 37.2 Å². The third-order valence-electron chi connectivity index (χ3n) is 5.66. The monoisotopic (exact) mass is 437 g/mol. The number of fused-ring (bicyclic) bond motifs is 1. The molecule has 9 heteroatoms. The van der Waals surface area contributed by atoms with Crippen molar-refractivity contribution >= 4 is 40.5 Å². The van der Waals surface area contributed by atoms with Gasteiger partial charge in [-0.3, -0.25) is 9.62 Å². The molecule has 1 aromatic rings. The van der Waals surface area contributed by atoms with Crippen molar-refractivity contribution in [3.05, 3.63) is 23.8 Å². The molecule has 0 bridgehead atoms. The van der Waals surface area contributed by atoms with Gasteiger partial charge in [0.2, 0.25) is 10.0 Å². The molecule has 0 aliphatic carbocycles. The van der Waals surface area contributed by atoms with Crippen LogP contribution in [0.2, 0.25) is 0 Å². The molecular formula is C18H29Cl2N3O3S. The minimum Gasteiger partial charge on any atom is -0.487 e. The number of hydrogen-bond donors (Lipinski definition) is 2. The van der Waals surface area contributed by atoms with E-state index in [-0.39, 0.29) is 30.4 Å². The molecule has 0 radical (unpaired) electrons. The molecule has 1 spiro atoms. The minimum absolute atomic E-state index is 0. The molecule has 0 aromatic heterocycles. The van der Waals surface area contributed by atoms with Crippen LogP contribution < -0.4 is 14.8 Å². The van der Waals surface area contributed by atoms with E-state index in [0.29, 0.717) is 11.7 Å². The van der Waals surface area contributed by atoms with E-state index in [2.05, 4.69) is 14.9 Å². The quantitative estimate of drug-likeness (QED) is 0.760. The summed E-state index contributed by atoms with van der Waals surface area (Å²) in [5, 5.41) is 3.43. The van der Waals surface area contributed by atoms with Gasteiger partial charge in [0.25, 0.3) is 0 Å². The van der Waals surface area contributed by atoms with Gasteiger partial charge >= 0.3 is 0 Å². The zero-order chi connectivity index (χ0) is 17.5. The van der Waals surface area contributed by atoms with Crippen LogP contribution in [-0.4, -0.2) is 51.4 Å². The molecule has 154 valence electrons. The number of nitrogens with one attached hydrogen (secondary N) is 2. The number of ether oxygens (including phenoxy) is 1. The zero-order valence-corrected chi connectivity index (χ0v) is 18.0. The lowest BCUT2D eigenvalue weighted by molar-refractivity contribution is -0.0159. The summed E-state index contributed by atoms with van der Waals surface area (Å²) in [6, 6.07) is 6.02. The van der Waals surface area contributed by atoms with Gasteiger partial charge in [-0.1, -0.05) is 0 Å². The van der Waals surface area contributed by atoms with Crippen LogP contribution in [0, 0.1) is 0 Å². The van der Waals surface area contributed by atoms with Crippen LogP contribution in [0.4, 0.5) is 5.69 Å². The number of anilines is 1. The van der Waals surface area contributed by atoms with Crippen LogP contribution in [0.1, 0.15) is 43.7 Å². The summed E-state index contributed by atoms with van der Waals surface area (Å²) in [7, 11) is -3.28. The largest absolute Gasteiger partial charge is 0.487 e. The topological polar surface area (TPSA) is 70.7 Å². The summed E-state index contributed by atoms with van der Waals surface area (Å²) in [4.78, 5) is 2.55. The van der Waals surface area contributed by atoms with Gasteiger partial charge in [-0.05, 0) is 70.1 Å². The summed E-state index contributed by atoms with van der Waals surface area (Å²) in [6.07, 6.45) is 6.71. The van der Waals surface area contributed by atoms with Gasteiger partial charge < -0.3 is 10.1 Å². The number of rotatable bonds is 3. The fraction of sp³-hybridized carbons (Fsp3) is 0.667. The lowest BCUT2D eigenvalue weighted by atomic mass is 9.80. The van der Waals surface area contributed by atoms with Crippen molar-refractivity contribution in [1.29, 1.82) is 0 Å². The summed E-state index contributed by atoms with van der Waals surface area (Å²) in [5.41, 5.74) is 1.66. The summed E-state index contributed by atoms with van der Waals surface area (Å²) >= 11 is 0. The molecule has 6 nitrogen and oxygen atoms in total. The molecule has 0 amide bonds. The lowest BCUT2D eigenvalue weighted by Gasteiger charge is -2.47. The van der Waals surface area contributed by atoms with E-state index in [0.717, 1.165) is 56.8 Å². The molecule has 2 N–H and O–H groups in total. The van der Waals surface area contributed by atoms with E-state index in [9.17, 15) is 8.42 Å². The predicted octanol–water partition coefficient (Wildman–Crippen LogP) is 2.94. The first-order chi connectivity index (χ1) is 11.9. The Balaban J connectivity index is 0.00000131. The lowest BCUT2D eigenvalue weighted by Crippen LogP contribution is -2.51. The molecule has 3 heterocycles. The van der Waals surface area contributed by atoms with Gasteiger partial charge in [0.15, 0.2) is 0 Å². The maximum absolute atomic E-state index is 11.6. The Bertz CT molecular complexity index is 748. The first-order valence-corrected chi connectivity index (χ1v) is 11.1. The second kappa shape index (κ2) is 8.74. The number of halogens is 2. The van der Waals surface area contributed by atoms with Crippen molar-refractivity contribution < 1.29 is 13.2 Å². The Morgan fingerprint density at radius 2 is 1.85 bits per heavy atom. The summed E-state index contributed by atoms with van der Waals surface area (Å²) in [5.74, 6) is 0.920. The van der Waals surface area contributed by atoms with E-state index in [4.69, 9.17) is 4.74 Å².